The Labute approximate surface area is 128 Å². The molecule has 0 bridgehead atoms. The first-order valence-corrected chi connectivity index (χ1v) is 7.48. The van der Waals surface area contributed by atoms with E-state index < -0.39 is 4.92 Å². The maximum absolute atomic E-state index is 11.9. The number of hydrogen-bond donors (Lipinski definition) is 0. The van der Waals surface area contributed by atoms with Gasteiger partial charge >= 0.3 is 0 Å². The highest BCUT2D eigenvalue weighted by atomic mass is 35.5. The lowest BCUT2D eigenvalue weighted by Gasteiger charge is -2.36. The molecular formula is C14H18ClN3O3. The lowest BCUT2D eigenvalue weighted by Crippen LogP contribution is -2.48. The van der Waals surface area contributed by atoms with Gasteiger partial charge in [-0.1, -0.05) is 6.07 Å². The molecule has 1 aliphatic heterocycles. The van der Waals surface area contributed by atoms with Crippen molar-refractivity contribution in [2.75, 3.05) is 37.0 Å². The van der Waals surface area contributed by atoms with Gasteiger partial charge in [0.15, 0.2) is 0 Å². The molecule has 21 heavy (non-hydrogen) atoms. The Morgan fingerprint density at radius 1 is 1.29 bits per heavy atom. The van der Waals surface area contributed by atoms with Crippen molar-refractivity contribution in [1.82, 2.24) is 4.90 Å². The van der Waals surface area contributed by atoms with Crippen molar-refractivity contribution in [1.29, 1.82) is 0 Å². The normalized spacial score (nSPS) is 15.1. The summed E-state index contributed by atoms with van der Waals surface area (Å²) in [6, 6.07) is 6.60. The molecular weight excluding hydrogens is 294 g/mol. The summed E-state index contributed by atoms with van der Waals surface area (Å²) in [6.45, 7) is 2.66. The number of halogens is 1. The third-order valence-corrected chi connectivity index (χ3v) is 3.83. The number of alkyl halides is 1. The van der Waals surface area contributed by atoms with Crippen LogP contribution in [0.5, 0.6) is 0 Å². The monoisotopic (exact) mass is 311 g/mol. The first-order chi connectivity index (χ1) is 10.1. The Bertz CT molecular complexity index is 516. The van der Waals surface area contributed by atoms with E-state index in [-0.39, 0.29) is 11.6 Å². The number of nitrogens with zero attached hydrogens (tertiary/aromatic N) is 3. The molecule has 1 heterocycles. The minimum Gasteiger partial charge on any atom is -0.368 e. The van der Waals surface area contributed by atoms with E-state index in [2.05, 4.69) is 4.90 Å². The minimum atomic E-state index is -0.393. The van der Waals surface area contributed by atoms with Crippen molar-refractivity contribution in [3.8, 4) is 0 Å². The predicted octanol–water partition coefficient (Wildman–Crippen LogP) is 2.26. The minimum absolute atomic E-state index is 0.0909. The molecule has 0 unspecified atom stereocenters. The lowest BCUT2D eigenvalue weighted by molar-refractivity contribution is -0.384. The number of carbonyl (C=O) groups is 1. The molecule has 6 nitrogen and oxygen atoms in total. The van der Waals surface area contributed by atoms with E-state index >= 15 is 0 Å². The van der Waals surface area contributed by atoms with E-state index in [0.29, 0.717) is 44.9 Å². The molecule has 1 amide bonds. The van der Waals surface area contributed by atoms with Gasteiger partial charge < -0.3 is 9.80 Å². The van der Waals surface area contributed by atoms with Gasteiger partial charge in [0.05, 0.1) is 4.92 Å². The maximum Gasteiger partial charge on any atom is 0.271 e. The van der Waals surface area contributed by atoms with Crippen molar-refractivity contribution in [3.05, 3.63) is 34.4 Å². The van der Waals surface area contributed by atoms with Crippen molar-refractivity contribution < 1.29 is 9.72 Å². The molecule has 0 spiro atoms. The van der Waals surface area contributed by atoms with E-state index in [0.717, 1.165) is 5.69 Å². The van der Waals surface area contributed by atoms with Crippen LogP contribution in [0.15, 0.2) is 24.3 Å². The van der Waals surface area contributed by atoms with Gasteiger partial charge in [0.2, 0.25) is 5.91 Å². The fourth-order valence-corrected chi connectivity index (χ4v) is 2.53. The first kappa shape index (κ1) is 15.6. The summed E-state index contributed by atoms with van der Waals surface area (Å²) in [5.41, 5.74) is 0.921. The zero-order valence-electron chi connectivity index (χ0n) is 11.7. The molecule has 0 N–H and O–H groups in total. The van der Waals surface area contributed by atoms with Crippen LogP contribution in [0.3, 0.4) is 0 Å². The summed E-state index contributed by atoms with van der Waals surface area (Å²) in [7, 11) is 0. The standard InChI is InChI=1S/C14H18ClN3O3/c15-6-2-5-14(19)17-9-7-16(8-10-17)12-3-1-4-13(11-12)18(20)21/h1,3-4,11H,2,5-10H2. The Balaban J connectivity index is 1.93. The topological polar surface area (TPSA) is 66.7 Å². The molecule has 1 aliphatic rings. The third kappa shape index (κ3) is 4.07. The largest absolute Gasteiger partial charge is 0.368 e. The molecule has 1 fully saturated rings. The summed E-state index contributed by atoms with van der Waals surface area (Å²) in [6.07, 6.45) is 1.19. The predicted molar refractivity (Wildman–Crippen MR) is 81.8 cm³/mol. The van der Waals surface area contributed by atoms with E-state index in [4.69, 9.17) is 11.6 Å². The van der Waals surface area contributed by atoms with Crippen LogP contribution in [0.1, 0.15) is 12.8 Å². The molecule has 0 aliphatic carbocycles. The molecule has 0 saturated carbocycles. The number of piperazine rings is 1. The number of benzene rings is 1. The third-order valence-electron chi connectivity index (χ3n) is 3.56. The van der Waals surface area contributed by atoms with Gasteiger partial charge in [-0.3, -0.25) is 14.9 Å². The quantitative estimate of drug-likeness (QED) is 0.475. The second-order valence-electron chi connectivity index (χ2n) is 4.94. The number of amides is 1. The van der Waals surface area contributed by atoms with Gasteiger partial charge in [0.1, 0.15) is 0 Å². The number of carbonyl (C=O) groups excluding carboxylic acids is 1. The molecule has 2 rings (SSSR count). The molecule has 1 saturated heterocycles. The summed E-state index contributed by atoms with van der Waals surface area (Å²) >= 11 is 5.59. The summed E-state index contributed by atoms with van der Waals surface area (Å²) in [5, 5.41) is 10.8. The van der Waals surface area contributed by atoms with Crippen LogP contribution < -0.4 is 4.90 Å². The molecule has 1 aromatic rings. The lowest BCUT2D eigenvalue weighted by atomic mass is 10.2. The van der Waals surface area contributed by atoms with Crippen molar-refractivity contribution in [3.63, 3.8) is 0 Å². The zero-order valence-corrected chi connectivity index (χ0v) is 12.5. The number of nitro groups is 1. The number of hydrogen-bond acceptors (Lipinski definition) is 4. The fraction of sp³-hybridized carbons (Fsp3) is 0.500. The average Bonchev–Trinajstić information content (AvgIpc) is 2.53. The number of anilines is 1. The first-order valence-electron chi connectivity index (χ1n) is 6.95. The van der Waals surface area contributed by atoms with E-state index in [1.807, 2.05) is 11.0 Å². The van der Waals surface area contributed by atoms with Crippen molar-refractivity contribution in [2.45, 2.75) is 12.8 Å². The molecule has 7 heteroatoms. The molecule has 0 radical (unpaired) electrons. The van der Waals surface area contributed by atoms with Crippen molar-refractivity contribution in [2.24, 2.45) is 0 Å². The summed E-state index contributed by atoms with van der Waals surface area (Å²) in [4.78, 5) is 26.2. The van der Waals surface area contributed by atoms with Crippen LogP contribution in [-0.2, 0) is 4.79 Å². The van der Waals surface area contributed by atoms with Crippen LogP contribution in [-0.4, -0.2) is 47.8 Å². The smallest absolute Gasteiger partial charge is 0.271 e. The van der Waals surface area contributed by atoms with E-state index in [9.17, 15) is 14.9 Å². The Hall–Kier alpha value is -1.82. The van der Waals surface area contributed by atoms with Crippen LogP contribution in [0.4, 0.5) is 11.4 Å². The highest BCUT2D eigenvalue weighted by molar-refractivity contribution is 6.17. The van der Waals surface area contributed by atoms with Crippen LogP contribution >= 0.6 is 11.6 Å². The zero-order chi connectivity index (χ0) is 15.2. The molecule has 0 aromatic heterocycles. The van der Waals surface area contributed by atoms with E-state index in [1.165, 1.54) is 6.07 Å². The van der Waals surface area contributed by atoms with Gasteiger partial charge in [0, 0.05) is 56.3 Å². The second kappa shape index (κ2) is 7.26. The summed E-state index contributed by atoms with van der Waals surface area (Å²) < 4.78 is 0. The number of rotatable bonds is 5. The van der Waals surface area contributed by atoms with Crippen LogP contribution in [0.25, 0.3) is 0 Å². The molecule has 1 aromatic carbocycles. The van der Waals surface area contributed by atoms with Gasteiger partial charge in [-0.25, -0.2) is 0 Å². The number of nitro benzene ring substituents is 1. The fourth-order valence-electron chi connectivity index (χ4n) is 2.39. The van der Waals surface area contributed by atoms with Gasteiger partial charge in [-0.15, -0.1) is 11.6 Å². The van der Waals surface area contributed by atoms with Gasteiger partial charge in [0.25, 0.3) is 5.69 Å². The van der Waals surface area contributed by atoms with Crippen molar-refractivity contribution >= 4 is 28.9 Å². The second-order valence-corrected chi connectivity index (χ2v) is 5.32. The van der Waals surface area contributed by atoms with Crippen LogP contribution in [0.2, 0.25) is 0 Å². The van der Waals surface area contributed by atoms with Crippen LogP contribution in [0, 0.1) is 10.1 Å². The Morgan fingerprint density at radius 3 is 2.62 bits per heavy atom. The molecule has 0 atom stereocenters. The SMILES string of the molecule is O=C(CCCCl)N1CCN(c2cccc([N+](=O)[O-])c2)CC1. The highest BCUT2D eigenvalue weighted by Gasteiger charge is 2.21. The Morgan fingerprint density at radius 2 is 2.00 bits per heavy atom. The number of non-ortho nitro benzene ring substituents is 1. The summed E-state index contributed by atoms with van der Waals surface area (Å²) in [5.74, 6) is 0.633. The van der Waals surface area contributed by atoms with E-state index in [1.54, 1.807) is 12.1 Å². The average molecular weight is 312 g/mol. The highest BCUT2D eigenvalue weighted by Crippen LogP contribution is 2.22. The van der Waals surface area contributed by atoms with Gasteiger partial charge in [-0.05, 0) is 12.5 Å². The molecule has 114 valence electrons. The Kier molecular flexibility index (Phi) is 5.38. The van der Waals surface area contributed by atoms with Gasteiger partial charge in [-0.2, -0.15) is 0 Å². The maximum atomic E-state index is 11.9.